The second kappa shape index (κ2) is 8.67. The van der Waals surface area contributed by atoms with Crippen molar-refractivity contribution in [2.24, 2.45) is 5.92 Å². The molecule has 1 atom stereocenters. The van der Waals surface area contributed by atoms with Gasteiger partial charge in [-0.25, -0.2) is 0 Å². The van der Waals surface area contributed by atoms with Crippen LogP contribution in [0.5, 0.6) is 0 Å². The summed E-state index contributed by atoms with van der Waals surface area (Å²) in [5.74, 6) is 1.81. The van der Waals surface area contributed by atoms with Gasteiger partial charge >= 0.3 is 0 Å². The Morgan fingerprint density at radius 1 is 1.32 bits per heavy atom. The summed E-state index contributed by atoms with van der Waals surface area (Å²) >= 11 is 11.8. The Morgan fingerprint density at radius 2 is 2.00 bits per heavy atom. The van der Waals surface area contributed by atoms with E-state index in [0.29, 0.717) is 11.4 Å². The zero-order valence-electron chi connectivity index (χ0n) is 12.5. The van der Waals surface area contributed by atoms with Gasteiger partial charge in [-0.2, -0.15) is 0 Å². The zero-order valence-corrected chi connectivity index (χ0v) is 14.0. The second-order valence-electron chi connectivity index (χ2n) is 5.20. The number of carbonyl (C=O) groups excluding carboxylic acids is 2. The minimum absolute atomic E-state index is 0.116. The Morgan fingerprint density at radius 3 is 2.55 bits per heavy atom. The van der Waals surface area contributed by atoms with Crippen LogP contribution in [0, 0.1) is 18.3 Å². The van der Waals surface area contributed by atoms with Gasteiger partial charge in [-0.3, -0.25) is 9.59 Å². The highest BCUT2D eigenvalue weighted by atomic mass is 35.5. The zero-order chi connectivity index (χ0) is 16.7. The van der Waals surface area contributed by atoms with Gasteiger partial charge in [0.2, 0.25) is 5.91 Å². The third-order valence-electron chi connectivity index (χ3n) is 2.87. The third kappa shape index (κ3) is 5.59. The molecule has 22 heavy (non-hydrogen) atoms. The van der Waals surface area contributed by atoms with Gasteiger partial charge in [-0.1, -0.05) is 43.0 Å². The summed E-state index contributed by atoms with van der Waals surface area (Å²) in [4.78, 5) is 24.4. The van der Waals surface area contributed by atoms with Gasteiger partial charge in [0.15, 0.2) is 0 Å². The molecule has 0 bridgehead atoms. The highest BCUT2D eigenvalue weighted by Gasteiger charge is 2.23. The molecule has 1 aromatic carbocycles. The first-order chi connectivity index (χ1) is 10.3. The van der Waals surface area contributed by atoms with E-state index in [-0.39, 0.29) is 29.0 Å². The molecule has 0 aliphatic rings. The lowest BCUT2D eigenvalue weighted by molar-refractivity contribution is -0.123. The lowest BCUT2D eigenvalue weighted by atomic mass is 10.0. The van der Waals surface area contributed by atoms with Crippen molar-refractivity contribution < 1.29 is 9.59 Å². The maximum Gasteiger partial charge on any atom is 0.253 e. The molecule has 0 fully saturated rings. The molecule has 0 saturated carbocycles. The fraction of sp³-hybridized carbons (Fsp3) is 0.375. The Kier molecular flexibility index (Phi) is 7.23. The molecule has 0 aromatic heterocycles. The summed E-state index contributed by atoms with van der Waals surface area (Å²) in [6.45, 7) is 4.04. The Hall–Kier alpha value is -1.70. The molecule has 1 rings (SSSR count). The van der Waals surface area contributed by atoms with Gasteiger partial charge in [0.1, 0.15) is 6.04 Å². The van der Waals surface area contributed by atoms with Crippen LogP contribution in [0.4, 0.5) is 0 Å². The summed E-state index contributed by atoms with van der Waals surface area (Å²) in [5.41, 5.74) is 0.268. The molecule has 0 aliphatic heterocycles. The van der Waals surface area contributed by atoms with E-state index in [1.807, 2.05) is 13.8 Å². The van der Waals surface area contributed by atoms with Crippen LogP contribution < -0.4 is 10.6 Å². The number of nitrogens with one attached hydrogen (secondary N) is 2. The van der Waals surface area contributed by atoms with Crippen molar-refractivity contribution in [1.29, 1.82) is 0 Å². The van der Waals surface area contributed by atoms with Crippen LogP contribution >= 0.6 is 23.2 Å². The van der Waals surface area contributed by atoms with Gasteiger partial charge in [0.05, 0.1) is 17.1 Å². The second-order valence-corrected chi connectivity index (χ2v) is 6.05. The molecule has 0 saturated heterocycles. The molecular weight excluding hydrogens is 323 g/mol. The SMILES string of the molecule is C#CCNC(=O)C(CC(C)C)NC(=O)c1ccc(Cl)cc1Cl. The van der Waals surface area contributed by atoms with Crippen LogP contribution in [0.3, 0.4) is 0 Å². The summed E-state index contributed by atoms with van der Waals surface area (Å²) < 4.78 is 0. The molecule has 1 unspecified atom stereocenters. The number of halogens is 2. The Labute approximate surface area is 140 Å². The van der Waals surface area contributed by atoms with Gasteiger partial charge in [0.25, 0.3) is 5.91 Å². The largest absolute Gasteiger partial charge is 0.343 e. The average Bonchev–Trinajstić information content (AvgIpc) is 2.43. The first-order valence-corrected chi connectivity index (χ1v) is 7.57. The van der Waals surface area contributed by atoms with E-state index in [4.69, 9.17) is 29.6 Å². The summed E-state index contributed by atoms with van der Waals surface area (Å²) in [5, 5.41) is 5.93. The Balaban J connectivity index is 2.86. The van der Waals surface area contributed by atoms with E-state index < -0.39 is 11.9 Å². The first kappa shape index (κ1) is 18.3. The fourth-order valence-electron chi connectivity index (χ4n) is 1.87. The van der Waals surface area contributed by atoms with E-state index in [1.54, 1.807) is 6.07 Å². The number of terminal acetylenes is 1. The van der Waals surface area contributed by atoms with Gasteiger partial charge < -0.3 is 10.6 Å². The maximum absolute atomic E-state index is 12.3. The lowest BCUT2D eigenvalue weighted by Gasteiger charge is -2.20. The predicted octanol–water partition coefficient (Wildman–Crippen LogP) is 2.89. The van der Waals surface area contributed by atoms with E-state index in [2.05, 4.69) is 16.6 Å². The number of carbonyl (C=O) groups is 2. The van der Waals surface area contributed by atoms with Crippen molar-refractivity contribution in [2.45, 2.75) is 26.3 Å². The molecular formula is C16H18Cl2N2O2. The molecule has 0 spiro atoms. The van der Waals surface area contributed by atoms with Crippen molar-refractivity contribution >= 4 is 35.0 Å². The quantitative estimate of drug-likeness (QED) is 0.782. The molecule has 2 amide bonds. The normalized spacial score (nSPS) is 11.6. The van der Waals surface area contributed by atoms with Gasteiger partial charge in [-0.05, 0) is 30.5 Å². The van der Waals surface area contributed by atoms with Gasteiger partial charge in [0, 0.05) is 5.02 Å². The van der Waals surface area contributed by atoms with Crippen LogP contribution in [0.1, 0.15) is 30.6 Å². The van der Waals surface area contributed by atoms with E-state index in [9.17, 15) is 9.59 Å². The number of hydrogen-bond donors (Lipinski definition) is 2. The van der Waals surface area contributed by atoms with Crippen molar-refractivity contribution in [1.82, 2.24) is 10.6 Å². The van der Waals surface area contributed by atoms with E-state index in [1.165, 1.54) is 12.1 Å². The average molecular weight is 341 g/mol. The Bertz CT molecular complexity index is 594. The van der Waals surface area contributed by atoms with Gasteiger partial charge in [-0.15, -0.1) is 6.42 Å². The smallest absolute Gasteiger partial charge is 0.253 e. The third-order valence-corrected chi connectivity index (χ3v) is 3.42. The van der Waals surface area contributed by atoms with Crippen molar-refractivity contribution in [3.63, 3.8) is 0 Å². The number of rotatable bonds is 6. The number of hydrogen-bond acceptors (Lipinski definition) is 2. The molecule has 0 radical (unpaired) electrons. The molecule has 6 heteroatoms. The van der Waals surface area contributed by atoms with Crippen LogP contribution in [-0.2, 0) is 4.79 Å². The monoisotopic (exact) mass is 340 g/mol. The molecule has 118 valence electrons. The van der Waals surface area contributed by atoms with Crippen molar-refractivity contribution in [2.75, 3.05) is 6.54 Å². The van der Waals surface area contributed by atoms with Crippen molar-refractivity contribution in [3.05, 3.63) is 33.8 Å². The summed E-state index contributed by atoms with van der Waals surface area (Å²) in [6.07, 6.45) is 5.62. The maximum atomic E-state index is 12.3. The van der Waals surface area contributed by atoms with E-state index in [0.717, 1.165) is 0 Å². The standard InChI is InChI=1S/C16H18Cl2N2O2/c1-4-7-19-16(22)14(8-10(2)3)20-15(21)12-6-5-11(17)9-13(12)18/h1,5-6,9-10,14H,7-8H2,2-3H3,(H,19,22)(H,20,21). The van der Waals surface area contributed by atoms with Crippen LogP contribution in [0.2, 0.25) is 10.0 Å². The lowest BCUT2D eigenvalue weighted by Crippen LogP contribution is -2.47. The predicted molar refractivity (Wildman–Crippen MR) is 89.0 cm³/mol. The summed E-state index contributed by atoms with van der Waals surface area (Å²) in [6, 6.07) is 3.89. The van der Waals surface area contributed by atoms with Crippen molar-refractivity contribution in [3.8, 4) is 12.3 Å². The molecule has 4 nitrogen and oxygen atoms in total. The number of benzene rings is 1. The molecule has 0 aliphatic carbocycles. The minimum atomic E-state index is -0.674. The molecule has 1 aromatic rings. The van der Waals surface area contributed by atoms with E-state index >= 15 is 0 Å². The molecule has 0 heterocycles. The van der Waals surface area contributed by atoms with Crippen LogP contribution in [-0.4, -0.2) is 24.4 Å². The fourth-order valence-corrected chi connectivity index (χ4v) is 2.37. The highest BCUT2D eigenvalue weighted by molar-refractivity contribution is 6.36. The summed E-state index contributed by atoms with van der Waals surface area (Å²) in [7, 11) is 0. The minimum Gasteiger partial charge on any atom is -0.343 e. The number of amides is 2. The van der Waals surface area contributed by atoms with Crippen LogP contribution in [0.15, 0.2) is 18.2 Å². The topological polar surface area (TPSA) is 58.2 Å². The highest BCUT2D eigenvalue weighted by Crippen LogP contribution is 2.21. The van der Waals surface area contributed by atoms with Crippen LogP contribution in [0.25, 0.3) is 0 Å². The molecule has 2 N–H and O–H groups in total. The first-order valence-electron chi connectivity index (χ1n) is 6.82.